The average Bonchev–Trinajstić information content (AvgIpc) is 3.05. The fourth-order valence-corrected chi connectivity index (χ4v) is 4.31. The number of amides is 1. The molecule has 1 aliphatic heterocycles. The van der Waals surface area contributed by atoms with Crippen LogP contribution in [0.25, 0.3) is 0 Å². The summed E-state index contributed by atoms with van der Waals surface area (Å²) in [6, 6.07) is 5.67. The van der Waals surface area contributed by atoms with E-state index in [-0.39, 0.29) is 35.1 Å². The Hall–Kier alpha value is -2.62. The second-order valence-electron chi connectivity index (χ2n) is 6.89. The third-order valence-electron chi connectivity index (χ3n) is 4.63. The minimum absolute atomic E-state index is 0.0103. The molecule has 29 heavy (non-hydrogen) atoms. The number of ether oxygens (including phenoxy) is 1. The highest BCUT2D eigenvalue weighted by atomic mass is 32.2. The monoisotopic (exact) mass is 424 g/mol. The number of carbonyl (C=O) groups excluding carboxylic acids is 2. The average molecular weight is 424 g/mol. The lowest BCUT2D eigenvalue weighted by Gasteiger charge is -2.24. The molecule has 1 N–H and O–H groups in total. The zero-order valence-electron chi connectivity index (χ0n) is 16.1. The van der Waals surface area contributed by atoms with E-state index in [9.17, 15) is 24.5 Å². The predicted octanol–water partition coefficient (Wildman–Crippen LogP) is 3.60. The maximum absolute atomic E-state index is 12.6. The fourth-order valence-electron chi connectivity index (χ4n) is 3.29. The van der Waals surface area contributed by atoms with Crippen LogP contribution in [0.2, 0.25) is 0 Å². The lowest BCUT2D eigenvalue weighted by Crippen LogP contribution is -2.36. The predicted molar refractivity (Wildman–Crippen MR) is 107 cm³/mol. The number of unbranched alkanes of at least 4 members (excludes halogenated alkanes) is 1. The van der Waals surface area contributed by atoms with Crippen molar-refractivity contribution in [2.75, 3.05) is 6.54 Å². The summed E-state index contributed by atoms with van der Waals surface area (Å²) >= 11 is 1.20. The molecule has 0 saturated carbocycles. The molecule has 1 aromatic carbocycles. The summed E-state index contributed by atoms with van der Waals surface area (Å²) in [5, 5.41) is 19.4. The number of aliphatic carboxylic acids is 1. The van der Waals surface area contributed by atoms with Gasteiger partial charge in [0.2, 0.25) is 0 Å². The van der Waals surface area contributed by atoms with Crippen molar-refractivity contribution in [3.63, 3.8) is 0 Å². The minimum atomic E-state index is -0.846. The van der Waals surface area contributed by atoms with Crippen molar-refractivity contribution in [2.24, 2.45) is 0 Å². The maximum Gasteiger partial charge on any atom is 0.410 e. The van der Waals surface area contributed by atoms with Gasteiger partial charge >= 0.3 is 12.1 Å². The Morgan fingerprint density at radius 1 is 1.28 bits per heavy atom. The van der Waals surface area contributed by atoms with E-state index in [1.165, 1.54) is 43.0 Å². The van der Waals surface area contributed by atoms with E-state index < -0.39 is 17.0 Å². The number of nitro benzene ring substituents is 1. The highest BCUT2D eigenvalue weighted by molar-refractivity contribution is 8.14. The Kier molecular flexibility index (Phi) is 8.44. The molecule has 2 atom stereocenters. The van der Waals surface area contributed by atoms with Crippen LogP contribution >= 0.6 is 11.8 Å². The summed E-state index contributed by atoms with van der Waals surface area (Å²) in [5.41, 5.74) is 0.598. The Balaban J connectivity index is 1.92. The van der Waals surface area contributed by atoms with Gasteiger partial charge in [0.1, 0.15) is 6.61 Å². The van der Waals surface area contributed by atoms with Gasteiger partial charge in [0, 0.05) is 43.3 Å². The topological polar surface area (TPSA) is 127 Å². The first kappa shape index (κ1) is 22.7. The van der Waals surface area contributed by atoms with Crippen molar-refractivity contribution in [1.82, 2.24) is 4.90 Å². The number of hydrogen-bond acceptors (Lipinski definition) is 7. The molecule has 2 rings (SSSR count). The molecule has 1 aromatic rings. The van der Waals surface area contributed by atoms with Crippen LogP contribution in [0.1, 0.15) is 44.6 Å². The van der Waals surface area contributed by atoms with E-state index in [2.05, 4.69) is 0 Å². The molecule has 0 aromatic heterocycles. The highest BCUT2D eigenvalue weighted by Gasteiger charge is 2.36. The normalized spacial score (nSPS) is 18.4. The van der Waals surface area contributed by atoms with Crippen LogP contribution in [0, 0.1) is 10.1 Å². The van der Waals surface area contributed by atoms with Gasteiger partial charge in [-0.25, -0.2) is 4.79 Å². The third kappa shape index (κ3) is 7.37. The van der Waals surface area contributed by atoms with Crippen LogP contribution in [0.3, 0.4) is 0 Å². The molecule has 0 radical (unpaired) electrons. The van der Waals surface area contributed by atoms with Crippen LogP contribution in [0.5, 0.6) is 0 Å². The van der Waals surface area contributed by atoms with Crippen molar-refractivity contribution in [2.45, 2.75) is 56.9 Å². The largest absolute Gasteiger partial charge is 0.481 e. The Morgan fingerprint density at radius 2 is 1.97 bits per heavy atom. The standard InChI is InChI=1S/C19H24N2O7S/c1-13(22)29-17-10-16(4-2-3-5-18(23)24)20(11-17)19(25)28-12-14-6-8-15(9-7-14)21(26)27/h6-9,16-17H,2-5,10-12H2,1H3,(H,23,24)/t16-,17+/m1/s1. The number of nitro groups is 1. The number of carboxylic acid groups (broad SMARTS) is 1. The van der Waals surface area contributed by atoms with Gasteiger partial charge in [-0.15, -0.1) is 0 Å². The van der Waals surface area contributed by atoms with Crippen molar-refractivity contribution in [3.05, 3.63) is 39.9 Å². The SMILES string of the molecule is CC(=O)S[C@H]1C[C@@H](CCCCC(=O)O)N(C(=O)OCc2ccc([N+](=O)[O-])cc2)C1. The molecule has 1 saturated heterocycles. The number of benzene rings is 1. The molecule has 1 fully saturated rings. The van der Waals surface area contributed by atoms with Gasteiger partial charge < -0.3 is 14.7 Å². The van der Waals surface area contributed by atoms with Gasteiger partial charge in [0.15, 0.2) is 5.12 Å². The van der Waals surface area contributed by atoms with Crippen molar-refractivity contribution < 1.29 is 29.2 Å². The summed E-state index contributed by atoms with van der Waals surface area (Å²) in [6.07, 6.45) is 2.09. The lowest BCUT2D eigenvalue weighted by atomic mass is 10.1. The van der Waals surface area contributed by atoms with Gasteiger partial charge in [0.25, 0.3) is 5.69 Å². The van der Waals surface area contributed by atoms with Gasteiger partial charge in [-0.2, -0.15) is 0 Å². The van der Waals surface area contributed by atoms with Crippen molar-refractivity contribution in [1.29, 1.82) is 0 Å². The quantitative estimate of drug-likeness (QED) is 0.362. The zero-order chi connectivity index (χ0) is 21.4. The molecule has 10 heteroatoms. The van der Waals surface area contributed by atoms with Gasteiger partial charge in [-0.3, -0.25) is 19.7 Å². The Labute approximate surface area is 172 Å². The van der Waals surface area contributed by atoms with Gasteiger partial charge in [0.05, 0.1) is 4.92 Å². The first-order chi connectivity index (χ1) is 13.8. The summed E-state index contributed by atoms with van der Waals surface area (Å²) in [6.45, 7) is 1.87. The molecule has 1 amide bonds. The number of thioether (sulfide) groups is 1. The summed E-state index contributed by atoms with van der Waals surface area (Å²) in [4.78, 5) is 46.5. The zero-order valence-corrected chi connectivity index (χ0v) is 16.9. The Bertz CT molecular complexity index is 753. The van der Waals surface area contributed by atoms with E-state index in [1.807, 2.05) is 0 Å². The van der Waals surface area contributed by atoms with Gasteiger partial charge in [-0.05, 0) is 37.0 Å². The van der Waals surface area contributed by atoms with E-state index in [0.29, 0.717) is 37.8 Å². The number of nitrogens with zero attached hydrogens (tertiary/aromatic N) is 2. The molecule has 0 spiro atoms. The van der Waals surface area contributed by atoms with Crippen molar-refractivity contribution >= 4 is 34.6 Å². The van der Waals surface area contributed by atoms with Crippen LogP contribution in [-0.4, -0.2) is 49.9 Å². The summed E-state index contributed by atoms with van der Waals surface area (Å²) in [7, 11) is 0. The smallest absolute Gasteiger partial charge is 0.410 e. The van der Waals surface area contributed by atoms with E-state index in [0.717, 1.165) is 0 Å². The van der Waals surface area contributed by atoms with Crippen LogP contribution in [0.15, 0.2) is 24.3 Å². The molecule has 158 valence electrons. The minimum Gasteiger partial charge on any atom is -0.481 e. The summed E-state index contributed by atoms with van der Waals surface area (Å²) < 4.78 is 5.37. The third-order valence-corrected chi connectivity index (χ3v) is 5.64. The van der Waals surface area contributed by atoms with Crippen LogP contribution in [-0.2, 0) is 20.9 Å². The molecule has 9 nitrogen and oxygen atoms in total. The number of carboxylic acids is 1. The number of carbonyl (C=O) groups is 3. The second kappa shape index (κ2) is 10.8. The molecule has 0 bridgehead atoms. The maximum atomic E-state index is 12.6. The molecule has 1 heterocycles. The van der Waals surface area contributed by atoms with Crippen LogP contribution in [0.4, 0.5) is 10.5 Å². The van der Waals surface area contributed by atoms with Crippen molar-refractivity contribution in [3.8, 4) is 0 Å². The summed E-state index contributed by atoms with van der Waals surface area (Å²) in [5.74, 6) is -0.846. The van der Waals surface area contributed by atoms with E-state index in [4.69, 9.17) is 9.84 Å². The Morgan fingerprint density at radius 3 is 2.55 bits per heavy atom. The highest BCUT2D eigenvalue weighted by Crippen LogP contribution is 2.31. The number of rotatable bonds is 9. The molecule has 0 unspecified atom stereocenters. The van der Waals surface area contributed by atoms with Gasteiger partial charge in [-0.1, -0.05) is 18.2 Å². The molecule has 1 aliphatic rings. The molecular formula is C19H24N2O7S. The molecular weight excluding hydrogens is 400 g/mol. The van der Waals surface area contributed by atoms with E-state index in [1.54, 1.807) is 4.90 Å². The number of likely N-dealkylation sites (tertiary alicyclic amines) is 1. The number of hydrogen-bond donors (Lipinski definition) is 1. The van der Waals surface area contributed by atoms with Crippen LogP contribution < -0.4 is 0 Å². The fraction of sp³-hybridized carbons (Fsp3) is 0.526. The first-order valence-electron chi connectivity index (χ1n) is 9.32. The second-order valence-corrected chi connectivity index (χ2v) is 8.37. The first-order valence-corrected chi connectivity index (χ1v) is 10.2. The molecule has 0 aliphatic carbocycles. The van der Waals surface area contributed by atoms with E-state index >= 15 is 0 Å². The number of non-ortho nitro benzene ring substituents is 1. The lowest BCUT2D eigenvalue weighted by molar-refractivity contribution is -0.384.